The molecule has 4 nitrogen and oxygen atoms in total. The molecule has 0 unspecified atom stereocenters. The zero-order valence-corrected chi connectivity index (χ0v) is 16.1. The molecule has 1 fully saturated rings. The molecule has 1 aliphatic heterocycles. The highest BCUT2D eigenvalue weighted by atomic mass is 79.9. The fourth-order valence-corrected chi connectivity index (χ4v) is 4.32. The molecule has 1 aromatic heterocycles. The molecular weight excluding hydrogens is 432 g/mol. The van der Waals surface area contributed by atoms with E-state index in [9.17, 15) is 13.6 Å². The molecule has 2 aromatic carbocycles. The summed E-state index contributed by atoms with van der Waals surface area (Å²) in [5.41, 5.74) is 0.683. The number of nitrogens with zero attached hydrogens (tertiary/aromatic N) is 1. The maximum absolute atomic E-state index is 13.3. The predicted molar refractivity (Wildman–Crippen MR) is 102 cm³/mol. The van der Waals surface area contributed by atoms with Crippen LogP contribution in [0.1, 0.15) is 24.1 Å². The number of ketones is 1. The van der Waals surface area contributed by atoms with Gasteiger partial charge in [0.05, 0.1) is 5.41 Å². The summed E-state index contributed by atoms with van der Waals surface area (Å²) < 4.78 is 36.2. The fraction of sp³-hybridized carbons (Fsp3) is 0.238. The van der Waals surface area contributed by atoms with Crippen LogP contribution >= 0.6 is 15.9 Å². The van der Waals surface area contributed by atoms with E-state index in [1.54, 1.807) is 6.07 Å². The third kappa shape index (κ3) is 2.85. The lowest BCUT2D eigenvalue weighted by Crippen LogP contribution is -2.26. The Morgan fingerprint density at radius 2 is 1.82 bits per heavy atom. The van der Waals surface area contributed by atoms with Crippen LogP contribution in [0.25, 0.3) is 10.8 Å². The Balaban J connectivity index is 1.43. The second-order valence-electron chi connectivity index (χ2n) is 7.14. The van der Waals surface area contributed by atoms with Crippen LogP contribution in [0.5, 0.6) is 11.5 Å². The SMILES string of the molecule is O=C(Cc1cc2ccccc2c(Br)n1)C1(c2ccc3c(c2)OC(F)(F)O3)CC1. The lowest BCUT2D eigenvalue weighted by molar-refractivity contribution is -0.286. The van der Waals surface area contributed by atoms with Gasteiger partial charge in [-0.25, -0.2) is 4.98 Å². The lowest BCUT2D eigenvalue weighted by Gasteiger charge is -2.15. The van der Waals surface area contributed by atoms with Crippen LogP contribution < -0.4 is 9.47 Å². The second-order valence-corrected chi connectivity index (χ2v) is 7.89. The van der Waals surface area contributed by atoms with E-state index in [1.807, 2.05) is 30.3 Å². The smallest absolute Gasteiger partial charge is 0.395 e. The van der Waals surface area contributed by atoms with E-state index in [1.165, 1.54) is 12.1 Å². The van der Waals surface area contributed by atoms with Crippen molar-refractivity contribution in [1.82, 2.24) is 4.98 Å². The van der Waals surface area contributed by atoms with E-state index < -0.39 is 11.7 Å². The Morgan fingerprint density at radius 1 is 1.07 bits per heavy atom. The normalized spacial score (nSPS) is 18.2. The zero-order valence-electron chi connectivity index (χ0n) is 14.5. The molecular formula is C21H14BrF2NO3. The lowest BCUT2D eigenvalue weighted by atomic mass is 9.88. The number of hydrogen-bond donors (Lipinski definition) is 0. The van der Waals surface area contributed by atoms with E-state index in [2.05, 4.69) is 30.4 Å². The summed E-state index contributed by atoms with van der Waals surface area (Å²) >= 11 is 3.47. The van der Waals surface area contributed by atoms with Crippen LogP contribution in [0.2, 0.25) is 0 Å². The number of ether oxygens (including phenoxy) is 2. The number of benzene rings is 2. The van der Waals surface area contributed by atoms with Crippen LogP contribution in [0.3, 0.4) is 0 Å². The molecule has 3 aromatic rings. The van der Waals surface area contributed by atoms with Gasteiger partial charge in [-0.3, -0.25) is 4.79 Å². The number of carbonyl (C=O) groups is 1. The van der Waals surface area contributed by atoms with Gasteiger partial charge in [-0.15, -0.1) is 8.78 Å². The Hall–Kier alpha value is -2.54. The maximum Gasteiger partial charge on any atom is 0.586 e. The number of halogens is 3. The number of Topliss-reactive ketones (excluding diaryl/α,β-unsaturated/α-hetero) is 1. The van der Waals surface area contributed by atoms with Crippen molar-refractivity contribution < 1.29 is 23.0 Å². The first-order valence-electron chi connectivity index (χ1n) is 8.84. The van der Waals surface area contributed by atoms with Crippen LogP contribution in [0, 0.1) is 0 Å². The van der Waals surface area contributed by atoms with Crippen LogP contribution in [-0.2, 0) is 16.6 Å². The first kappa shape index (κ1) is 17.6. The summed E-state index contributed by atoms with van der Waals surface area (Å²) in [7, 11) is 0. The number of fused-ring (bicyclic) bond motifs is 2. The van der Waals surface area contributed by atoms with Crippen molar-refractivity contribution in [2.24, 2.45) is 0 Å². The van der Waals surface area contributed by atoms with Crippen LogP contribution in [-0.4, -0.2) is 17.1 Å². The zero-order chi connectivity index (χ0) is 19.5. The van der Waals surface area contributed by atoms with Gasteiger partial charge in [-0.2, -0.15) is 0 Å². The van der Waals surface area contributed by atoms with Crippen molar-refractivity contribution in [3.63, 3.8) is 0 Å². The average Bonchev–Trinajstić information content (AvgIpc) is 3.39. The molecule has 0 amide bonds. The molecule has 7 heteroatoms. The van der Waals surface area contributed by atoms with Gasteiger partial charge < -0.3 is 9.47 Å². The highest BCUT2D eigenvalue weighted by Crippen LogP contribution is 2.52. The molecule has 0 N–H and O–H groups in total. The molecule has 142 valence electrons. The van der Waals surface area contributed by atoms with Gasteiger partial charge in [0.1, 0.15) is 10.4 Å². The van der Waals surface area contributed by atoms with Crippen molar-refractivity contribution in [3.05, 3.63) is 64.4 Å². The monoisotopic (exact) mass is 445 g/mol. The van der Waals surface area contributed by atoms with E-state index in [-0.39, 0.29) is 23.7 Å². The molecule has 2 aliphatic rings. The molecule has 0 spiro atoms. The minimum atomic E-state index is -3.66. The van der Waals surface area contributed by atoms with Crippen molar-refractivity contribution in [2.75, 3.05) is 0 Å². The molecule has 0 bridgehead atoms. The minimum Gasteiger partial charge on any atom is -0.395 e. The first-order chi connectivity index (χ1) is 13.4. The third-order valence-electron chi connectivity index (χ3n) is 5.33. The van der Waals surface area contributed by atoms with Crippen LogP contribution in [0.4, 0.5) is 8.78 Å². The van der Waals surface area contributed by atoms with Crippen LogP contribution in [0.15, 0.2) is 53.1 Å². The molecule has 28 heavy (non-hydrogen) atoms. The molecule has 1 aliphatic carbocycles. The maximum atomic E-state index is 13.3. The minimum absolute atomic E-state index is 0.0166. The van der Waals surface area contributed by atoms with E-state index in [0.29, 0.717) is 28.7 Å². The highest BCUT2D eigenvalue weighted by molar-refractivity contribution is 9.10. The molecule has 5 rings (SSSR count). The van der Waals surface area contributed by atoms with E-state index >= 15 is 0 Å². The topological polar surface area (TPSA) is 48.4 Å². The summed E-state index contributed by atoms with van der Waals surface area (Å²) in [4.78, 5) is 17.6. The number of pyridine rings is 1. The first-order valence-corrected chi connectivity index (χ1v) is 9.63. The average molecular weight is 446 g/mol. The fourth-order valence-electron chi connectivity index (χ4n) is 3.73. The summed E-state index contributed by atoms with van der Waals surface area (Å²) in [5, 5.41) is 1.99. The van der Waals surface area contributed by atoms with Gasteiger partial charge in [0.15, 0.2) is 11.5 Å². The third-order valence-corrected chi connectivity index (χ3v) is 5.93. The molecule has 0 radical (unpaired) electrons. The van der Waals surface area contributed by atoms with E-state index in [0.717, 1.165) is 10.8 Å². The molecule has 0 atom stereocenters. The van der Waals surface area contributed by atoms with Gasteiger partial charge >= 0.3 is 6.29 Å². The number of aromatic nitrogens is 1. The summed E-state index contributed by atoms with van der Waals surface area (Å²) in [5.74, 6) is -0.0296. The summed E-state index contributed by atoms with van der Waals surface area (Å²) in [6, 6.07) is 14.3. The number of hydrogen-bond acceptors (Lipinski definition) is 4. The Labute approximate surface area is 167 Å². The van der Waals surface area contributed by atoms with Gasteiger partial charge in [-0.05, 0) is 57.9 Å². The Kier molecular flexibility index (Phi) is 3.75. The van der Waals surface area contributed by atoms with Gasteiger partial charge in [-0.1, -0.05) is 30.3 Å². The molecule has 1 saturated carbocycles. The Bertz CT molecular complexity index is 1130. The highest BCUT2D eigenvalue weighted by Gasteiger charge is 2.52. The van der Waals surface area contributed by atoms with E-state index in [4.69, 9.17) is 0 Å². The Morgan fingerprint density at radius 3 is 2.61 bits per heavy atom. The van der Waals surface area contributed by atoms with Crippen molar-refractivity contribution in [2.45, 2.75) is 31.0 Å². The molecule has 2 heterocycles. The number of alkyl halides is 2. The summed E-state index contributed by atoms with van der Waals surface area (Å²) in [6.45, 7) is 0. The quantitative estimate of drug-likeness (QED) is 0.520. The van der Waals surface area contributed by atoms with Gasteiger partial charge in [0.25, 0.3) is 0 Å². The number of carbonyl (C=O) groups excluding carboxylic acids is 1. The number of rotatable bonds is 4. The second kappa shape index (κ2) is 5.98. The largest absolute Gasteiger partial charge is 0.586 e. The van der Waals surface area contributed by atoms with Gasteiger partial charge in [0.2, 0.25) is 0 Å². The molecule has 0 saturated heterocycles. The van der Waals surface area contributed by atoms with Crippen molar-refractivity contribution in [1.29, 1.82) is 0 Å². The standard InChI is InChI=1S/C21H14BrF2NO3/c22-19-15-4-2-1-3-12(15)9-14(25-19)11-18(26)20(7-8-20)13-5-6-16-17(10-13)28-21(23,24)27-16/h1-6,9-10H,7-8,11H2. The van der Waals surface area contributed by atoms with Crippen molar-refractivity contribution in [3.8, 4) is 11.5 Å². The summed E-state index contributed by atoms with van der Waals surface area (Å²) in [6.07, 6.45) is -2.13. The van der Waals surface area contributed by atoms with Gasteiger partial charge in [0, 0.05) is 17.5 Å². The predicted octanol–water partition coefficient (Wildman–Crippen LogP) is 5.16. The van der Waals surface area contributed by atoms with Crippen molar-refractivity contribution >= 4 is 32.5 Å².